The number of methoxy groups -OCH3 is 1. The molecular formula is C26H30N2O5. The van der Waals surface area contributed by atoms with Crippen LogP contribution in [0.4, 0.5) is 0 Å². The van der Waals surface area contributed by atoms with Gasteiger partial charge in [-0.25, -0.2) is 0 Å². The molecule has 174 valence electrons. The lowest BCUT2D eigenvalue weighted by molar-refractivity contribution is -0.121. The van der Waals surface area contributed by atoms with E-state index in [1.54, 1.807) is 25.7 Å². The minimum Gasteiger partial charge on any atom is -0.508 e. The molecule has 4 aliphatic rings. The number of furan rings is 1. The number of phenolic OH excluding ortho intramolecular Hbond substituents is 1. The highest BCUT2D eigenvalue weighted by atomic mass is 16.5. The van der Waals surface area contributed by atoms with Crippen LogP contribution in [0.25, 0.3) is 6.08 Å². The number of hydrogen-bond acceptors (Lipinski definition) is 6. The Bertz CT molecular complexity index is 1140. The molecule has 1 spiro atoms. The van der Waals surface area contributed by atoms with Crippen LogP contribution in [-0.2, 0) is 16.6 Å². The molecule has 3 heterocycles. The van der Waals surface area contributed by atoms with Crippen molar-refractivity contribution in [1.82, 2.24) is 10.2 Å². The van der Waals surface area contributed by atoms with E-state index >= 15 is 0 Å². The summed E-state index contributed by atoms with van der Waals surface area (Å²) in [6.45, 7) is 2.79. The van der Waals surface area contributed by atoms with Crippen molar-refractivity contribution in [3.63, 3.8) is 0 Å². The summed E-state index contributed by atoms with van der Waals surface area (Å²) in [4.78, 5) is 15.6. The topological polar surface area (TPSA) is 84.2 Å². The quantitative estimate of drug-likeness (QED) is 0.696. The van der Waals surface area contributed by atoms with Crippen molar-refractivity contribution in [3.05, 3.63) is 46.9 Å². The molecule has 2 aliphatic carbocycles. The fourth-order valence-electron chi connectivity index (χ4n) is 7.05. The zero-order valence-electron chi connectivity index (χ0n) is 19.3. The van der Waals surface area contributed by atoms with Crippen molar-refractivity contribution in [2.45, 2.75) is 56.2 Å². The molecule has 2 aromatic rings. The first-order valence-electron chi connectivity index (χ1n) is 11.8. The van der Waals surface area contributed by atoms with Gasteiger partial charge in [-0.2, -0.15) is 0 Å². The molecular weight excluding hydrogens is 420 g/mol. The van der Waals surface area contributed by atoms with Crippen LogP contribution in [0, 0.1) is 5.92 Å². The van der Waals surface area contributed by atoms with Gasteiger partial charge in [-0.05, 0) is 64.3 Å². The predicted octanol–water partition coefficient (Wildman–Crippen LogP) is 3.25. The van der Waals surface area contributed by atoms with E-state index in [0.29, 0.717) is 23.3 Å². The van der Waals surface area contributed by atoms with Crippen LogP contribution in [0.1, 0.15) is 42.9 Å². The van der Waals surface area contributed by atoms with Gasteiger partial charge in [-0.3, -0.25) is 4.79 Å². The standard InChI is InChI=1S/C26H30N2O5/c1-14(10-15-6-9-32-13-15)25(30)27-18-5-4-17-19-11-16-20(29)12-21(31-3)23-22(16)26(17,24(18)33-23)7-8-28(19)2/h6,9-10,12-13,17-19,24,29H,4-5,7-8,11H2,1-3H3,(H,27,30)/t17-,18+,19+,24+,26-/m0/s1. The molecule has 0 radical (unpaired) electrons. The Balaban J connectivity index is 1.39. The summed E-state index contributed by atoms with van der Waals surface area (Å²) in [5.41, 5.74) is 3.40. The number of carbonyl (C=O) groups is 1. The van der Waals surface area contributed by atoms with Crippen molar-refractivity contribution in [1.29, 1.82) is 0 Å². The summed E-state index contributed by atoms with van der Waals surface area (Å²) >= 11 is 0. The van der Waals surface area contributed by atoms with Gasteiger partial charge in [0.25, 0.3) is 0 Å². The van der Waals surface area contributed by atoms with Gasteiger partial charge in [0.2, 0.25) is 5.91 Å². The molecule has 7 nitrogen and oxygen atoms in total. The average molecular weight is 451 g/mol. The maximum Gasteiger partial charge on any atom is 0.247 e. The van der Waals surface area contributed by atoms with Crippen LogP contribution >= 0.6 is 0 Å². The van der Waals surface area contributed by atoms with E-state index in [1.165, 1.54) is 0 Å². The zero-order chi connectivity index (χ0) is 22.9. The van der Waals surface area contributed by atoms with Gasteiger partial charge in [0.1, 0.15) is 11.9 Å². The SMILES string of the molecule is COc1cc(O)c2c3c1O[C@@H]1[C@H](NC(=O)C(C)=Cc4ccoc4)CC[C@H]4[C@@H](C2)N(C)CC[C@]314. The second-order valence-electron chi connectivity index (χ2n) is 10.0. The van der Waals surface area contributed by atoms with Gasteiger partial charge in [-0.15, -0.1) is 0 Å². The minimum atomic E-state index is -0.218. The fourth-order valence-corrected chi connectivity index (χ4v) is 7.05. The van der Waals surface area contributed by atoms with Crippen molar-refractivity contribution in [3.8, 4) is 17.2 Å². The number of carbonyl (C=O) groups excluding carboxylic acids is 1. The Labute approximate surface area is 193 Å². The van der Waals surface area contributed by atoms with E-state index in [2.05, 4.69) is 17.3 Å². The number of benzene rings is 1. The van der Waals surface area contributed by atoms with E-state index in [1.807, 2.05) is 19.1 Å². The van der Waals surface area contributed by atoms with E-state index in [-0.39, 0.29) is 29.2 Å². The third kappa shape index (κ3) is 2.81. The van der Waals surface area contributed by atoms with Crippen LogP contribution in [0.3, 0.4) is 0 Å². The van der Waals surface area contributed by atoms with Crippen molar-refractivity contribution in [2.24, 2.45) is 5.92 Å². The summed E-state index contributed by atoms with van der Waals surface area (Å²) in [7, 11) is 3.80. The highest BCUT2D eigenvalue weighted by Gasteiger charge is 2.66. The maximum atomic E-state index is 13.1. The summed E-state index contributed by atoms with van der Waals surface area (Å²) < 4.78 is 17.4. The first kappa shape index (κ1) is 20.7. The lowest BCUT2D eigenvalue weighted by atomic mass is 9.51. The third-order valence-corrected chi connectivity index (χ3v) is 8.51. The molecule has 33 heavy (non-hydrogen) atoms. The number of amides is 1. The largest absolute Gasteiger partial charge is 0.508 e. The molecule has 7 heteroatoms. The lowest BCUT2D eigenvalue weighted by Crippen LogP contribution is -2.68. The first-order valence-corrected chi connectivity index (χ1v) is 11.8. The van der Waals surface area contributed by atoms with Gasteiger partial charge in [0.15, 0.2) is 11.5 Å². The number of hydrogen-bond donors (Lipinski definition) is 2. The van der Waals surface area contributed by atoms with Crippen molar-refractivity contribution < 1.29 is 23.8 Å². The number of rotatable bonds is 4. The van der Waals surface area contributed by atoms with E-state index in [9.17, 15) is 9.90 Å². The van der Waals surface area contributed by atoms with Crippen LogP contribution in [-0.4, -0.2) is 54.8 Å². The van der Waals surface area contributed by atoms with Crippen LogP contribution in [0.2, 0.25) is 0 Å². The van der Waals surface area contributed by atoms with Crippen LogP contribution < -0.4 is 14.8 Å². The molecule has 1 aromatic heterocycles. The second-order valence-corrected chi connectivity index (χ2v) is 10.0. The molecule has 6 rings (SSSR count). The monoisotopic (exact) mass is 450 g/mol. The van der Waals surface area contributed by atoms with E-state index < -0.39 is 0 Å². The average Bonchev–Trinajstić information content (AvgIpc) is 3.43. The predicted molar refractivity (Wildman–Crippen MR) is 123 cm³/mol. The van der Waals surface area contributed by atoms with Crippen molar-refractivity contribution >= 4 is 12.0 Å². The molecule has 2 bridgehead atoms. The Morgan fingerprint density at radius 1 is 1.39 bits per heavy atom. The summed E-state index contributed by atoms with van der Waals surface area (Å²) in [6, 6.07) is 3.76. The number of nitrogens with one attached hydrogen (secondary N) is 1. The smallest absolute Gasteiger partial charge is 0.247 e. The Morgan fingerprint density at radius 3 is 3.00 bits per heavy atom. The number of piperidine rings is 1. The number of nitrogens with zero attached hydrogens (tertiary/aromatic N) is 1. The lowest BCUT2D eigenvalue weighted by Gasteiger charge is -2.59. The molecule has 0 unspecified atom stereocenters. The Morgan fingerprint density at radius 2 is 2.24 bits per heavy atom. The molecule has 2 aliphatic heterocycles. The van der Waals surface area contributed by atoms with Crippen LogP contribution in [0.5, 0.6) is 17.2 Å². The Hall–Kier alpha value is -2.93. The number of aromatic hydroxyl groups is 1. The number of phenols is 1. The number of ether oxygens (including phenoxy) is 2. The first-order chi connectivity index (χ1) is 15.9. The summed E-state index contributed by atoms with van der Waals surface area (Å²) in [5.74, 6) is 1.96. The van der Waals surface area contributed by atoms with Gasteiger partial charge in [0.05, 0.1) is 25.7 Å². The number of likely N-dealkylation sites (N-methyl/N-ethyl adjacent to an activating group) is 1. The highest BCUT2D eigenvalue weighted by Crippen LogP contribution is 2.65. The molecule has 1 aromatic carbocycles. The van der Waals surface area contributed by atoms with E-state index in [0.717, 1.165) is 54.7 Å². The Kier molecular flexibility index (Phi) is 4.56. The van der Waals surface area contributed by atoms with Crippen LogP contribution in [0.15, 0.2) is 34.6 Å². The van der Waals surface area contributed by atoms with Gasteiger partial charge < -0.3 is 29.2 Å². The molecule has 5 atom stereocenters. The van der Waals surface area contributed by atoms with Gasteiger partial charge >= 0.3 is 0 Å². The normalized spacial score (nSPS) is 32.2. The third-order valence-electron chi connectivity index (χ3n) is 8.51. The molecule has 1 amide bonds. The minimum absolute atomic E-state index is 0.0917. The van der Waals surface area contributed by atoms with E-state index in [4.69, 9.17) is 13.9 Å². The number of likely N-dealkylation sites (tertiary alicyclic amines) is 1. The summed E-state index contributed by atoms with van der Waals surface area (Å²) in [5, 5.41) is 14.2. The molecule has 2 N–H and O–H groups in total. The highest BCUT2D eigenvalue weighted by molar-refractivity contribution is 5.97. The van der Waals surface area contributed by atoms with Gasteiger partial charge in [0, 0.05) is 39.8 Å². The molecule has 2 fully saturated rings. The maximum absolute atomic E-state index is 13.1. The van der Waals surface area contributed by atoms with Crippen molar-refractivity contribution in [2.75, 3.05) is 20.7 Å². The fraction of sp³-hybridized carbons (Fsp3) is 0.500. The second kappa shape index (κ2) is 7.29. The van der Waals surface area contributed by atoms with Gasteiger partial charge in [-0.1, -0.05) is 0 Å². The molecule has 1 saturated carbocycles. The summed E-state index contributed by atoms with van der Waals surface area (Å²) in [6.07, 6.45) is 8.52. The molecule has 1 saturated heterocycles. The zero-order valence-corrected chi connectivity index (χ0v) is 19.3.